The maximum absolute atomic E-state index is 12.9. The highest BCUT2D eigenvalue weighted by molar-refractivity contribution is 7.45. The third kappa shape index (κ3) is 46.6. The lowest BCUT2D eigenvalue weighted by Gasteiger charge is -2.29. The Kier molecular flexibility index (Phi) is 42.5. The van der Waals surface area contributed by atoms with Gasteiger partial charge in [0.05, 0.1) is 39.9 Å². The second kappa shape index (κ2) is 44.8. The van der Waals surface area contributed by atoms with Crippen molar-refractivity contribution in [3.63, 3.8) is 0 Å². The quantitative estimate of drug-likeness (QED) is 0.0273. The van der Waals surface area contributed by atoms with E-state index in [2.05, 4.69) is 141 Å². The number of carbonyl (C=O) groups is 1. The van der Waals surface area contributed by atoms with Gasteiger partial charge in [0, 0.05) is 6.42 Å². The van der Waals surface area contributed by atoms with Crippen LogP contribution in [0.5, 0.6) is 0 Å². The van der Waals surface area contributed by atoms with Gasteiger partial charge in [0.2, 0.25) is 5.91 Å². The number of quaternary nitrogens is 1. The minimum absolute atomic E-state index is 0.0255. The summed E-state index contributed by atoms with van der Waals surface area (Å²) in [7, 11) is 1.18. The Balaban J connectivity index is 4.46. The van der Waals surface area contributed by atoms with Gasteiger partial charge in [-0.15, -0.1) is 0 Å². The van der Waals surface area contributed by atoms with Gasteiger partial charge >= 0.3 is 0 Å². The number of amides is 1. The van der Waals surface area contributed by atoms with Gasteiger partial charge in [-0.1, -0.05) is 186 Å². The molecule has 0 rings (SSSR count). The summed E-state index contributed by atoms with van der Waals surface area (Å²) >= 11 is 0. The summed E-state index contributed by atoms with van der Waals surface area (Å²) in [6.45, 7) is 4.42. The fourth-order valence-electron chi connectivity index (χ4n) is 5.99. The highest BCUT2D eigenvalue weighted by atomic mass is 31.2. The SMILES string of the molecule is CC/C=C\C/C=C\C/C=C\C/C=C\C/C=C\C/C=C\C/C=C\C/C=C\C/C=C\CCCC(=O)NC(COP(=O)([O-])OCC[N+](C)(C)C)C(O)/C=C/CC/C=C/CCCCCCCCC. The Morgan fingerprint density at radius 2 is 0.969 bits per heavy atom. The largest absolute Gasteiger partial charge is 0.756 e. The van der Waals surface area contributed by atoms with E-state index >= 15 is 0 Å². The predicted octanol–water partition coefficient (Wildman–Crippen LogP) is 13.8. The van der Waals surface area contributed by atoms with Crippen molar-refractivity contribution < 1.29 is 32.9 Å². The molecule has 0 aliphatic heterocycles. The number of rotatable bonds is 42. The summed E-state index contributed by atoms with van der Waals surface area (Å²) in [5.41, 5.74) is 0. The predicted molar refractivity (Wildman–Crippen MR) is 274 cm³/mol. The minimum Gasteiger partial charge on any atom is -0.756 e. The molecule has 0 heterocycles. The highest BCUT2D eigenvalue weighted by Crippen LogP contribution is 2.38. The molecule has 0 bridgehead atoms. The van der Waals surface area contributed by atoms with E-state index in [4.69, 9.17) is 9.05 Å². The van der Waals surface area contributed by atoms with Crippen LogP contribution in [0.3, 0.4) is 0 Å². The molecule has 362 valence electrons. The molecule has 0 aliphatic carbocycles. The van der Waals surface area contributed by atoms with Crippen molar-refractivity contribution in [2.45, 2.75) is 167 Å². The van der Waals surface area contributed by atoms with Crippen LogP contribution in [0.2, 0.25) is 0 Å². The Hall–Kier alpha value is -3.36. The smallest absolute Gasteiger partial charge is 0.268 e. The topological polar surface area (TPSA) is 108 Å². The molecule has 64 heavy (non-hydrogen) atoms. The first-order valence-corrected chi connectivity index (χ1v) is 26.0. The van der Waals surface area contributed by atoms with E-state index in [0.29, 0.717) is 17.4 Å². The maximum Gasteiger partial charge on any atom is 0.268 e. The molecule has 0 aromatic rings. The number of unbranched alkanes of at least 4 members (excludes halogenated alkanes) is 9. The number of allylic oxidation sites excluding steroid dienone is 21. The number of phosphoric ester groups is 1. The number of nitrogens with one attached hydrogen (secondary N) is 1. The molecule has 3 atom stereocenters. The third-order valence-corrected chi connectivity index (χ3v) is 10.8. The van der Waals surface area contributed by atoms with Gasteiger partial charge in [-0.2, -0.15) is 0 Å². The summed E-state index contributed by atoms with van der Waals surface area (Å²) in [5, 5.41) is 13.7. The Morgan fingerprint density at radius 3 is 1.45 bits per heavy atom. The highest BCUT2D eigenvalue weighted by Gasteiger charge is 2.23. The van der Waals surface area contributed by atoms with Crippen molar-refractivity contribution in [1.29, 1.82) is 0 Å². The lowest BCUT2D eigenvalue weighted by molar-refractivity contribution is -0.870. The molecule has 8 nitrogen and oxygen atoms in total. The Morgan fingerprint density at radius 1 is 0.562 bits per heavy atom. The lowest BCUT2D eigenvalue weighted by Crippen LogP contribution is -2.45. The minimum atomic E-state index is -4.62. The van der Waals surface area contributed by atoms with E-state index in [1.165, 1.54) is 44.9 Å². The van der Waals surface area contributed by atoms with Crippen molar-refractivity contribution in [2.75, 3.05) is 40.9 Å². The summed E-state index contributed by atoms with van der Waals surface area (Å²) in [4.78, 5) is 25.3. The zero-order chi connectivity index (χ0) is 47.1. The van der Waals surface area contributed by atoms with Gasteiger partial charge in [0.1, 0.15) is 13.2 Å². The molecule has 0 aromatic heterocycles. The van der Waals surface area contributed by atoms with Gasteiger partial charge in [-0.05, 0) is 96.3 Å². The van der Waals surface area contributed by atoms with E-state index in [1.807, 2.05) is 27.2 Å². The summed E-state index contributed by atoms with van der Waals surface area (Å²) in [5.74, 6) is -0.273. The van der Waals surface area contributed by atoms with Crippen molar-refractivity contribution in [3.05, 3.63) is 134 Å². The maximum atomic E-state index is 12.9. The molecule has 0 aliphatic rings. The molecule has 0 saturated carbocycles. The van der Waals surface area contributed by atoms with Crippen molar-refractivity contribution in [1.82, 2.24) is 5.32 Å². The number of hydrogen-bond acceptors (Lipinski definition) is 6. The second-order valence-electron chi connectivity index (χ2n) is 17.1. The number of hydrogen-bond donors (Lipinski definition) is 2. The lowest BCUT2D eigenvalue weighted by atomic mass is 10.1. The van der Waals surface area contributed by atoms with E-state index in [9.17, 15) is 19.4 Å². The number of phosphoric acid groups is 1. The van der Waals surface area contributed by atoms with Gasteiger partial charge in [-0.25, -0.2) is 0 Å². The number of carbonyl (C=O) groups excluding carboxylic acids is 1. The Bertz CT molecular complexity index is 1490. The monoisotopic (exact) mass is 907 g/mol. The molecular formula is C55H91N2O6P. The zero-order valence-electron chi connectivity index (χ0n) is 40.9. The number of aliphatic hydroxyl groups is 1. The van der Waals surface area contributed by atoms with Gasteiger partial charge in [0.25, 0.3) is 7.82 Å². The number of nitrogens with zero attached hydrogens (tertiary/aromatic N) is 1. The van der Waals surface area contributed by atoms with Crippen LogP contribution in [0.1, 0.15) is 155 Å². The van der Waals surface area contributed by atoms with Crippen LogP contribution in [0, 0.1) is 0 Å². The molecule has 2 N–H and O–H groups in total. The molecule has 1 amide bonds. The van der Waals surface area contributed by atoms with Gasteiger partial charge in [-0.3, -0.25) is 9.36 Å². The first-order valence-electron chi connectivity index (χ1n) is 24.5. The molecule has 0 saturated heterocycles. The average molecular weight is 907 g/mol. The van der Waals surface area contributed by atoms with Gasteiger partial charge in [0.15, 0.2) is 0 Å². The van der Waals surface area contributed by atoms with Crippen LogP contribution in [-0.2, 0) is 18.4 Å². The van der Waals surface area contributed by atoms with Crippen LogP contribution < -0.4 is 10.2 Å². The van der Waals surface area contributed by atoms with E-state index < -0.39 is 26.6 Å². The summed E-state index contributed by atoms with van der Waals surface area (Å²) in [6.07, 6.45) is 68.1. The van der Waals surface area contributed by atoms with Gasteiger partial charge < -0.3 is 28.8 Å². The molecule has 0 aromatic carbocycles. The van der Waals surface area contributed by atoms with Crippen LogP contribution in [0.4, 0.5) is 0 Å². The van der Waals surface area contributed by atoms with Crippen LogP contribution >= 0.6 is 7.82 Å². The van der Waals surface area contributed by atoms with E-state index in [-0.39, 0.29) is 18.9 Å². The zero-order valence-corrected chi connectivity index (χ0v) is 41.8. The molecular weight excluding hydrogens is 816 g/mol. The first kappa shape index (κ1) is 60.6. The number of likely N-dealkylation sites (N-methyl/N-ethyl adjacent to an activating group) is 1. The summed E-state index contributed by atoms with van der Waals surface area (Å²) < 4.78 is 23.2. The normalized spacial score (nSPS) is 15.3. The molecule has 0 spiro atoms. The van der Waals surface area contributed by atoms with Crippen molar-refractivity contribution in [3.8, 4) is 0 Å². The molecule has 0 radical (unpaired) electrons. The number of aliphatic hydroxyl groups excluding tert-OH is 1. The van der Waals surface area contributed by atoms with Crippen molar-refractivity contribution in [2.24, 2.45) is 0 Å². The molecule has 3 unspecified atom stereocenters. The van der Waals surface area contributed by atoms with Crippen LogP contribution in [0.25, 0.3) is 0 Å². The average Bonchev–Trinajstić information content (AvgIpc) is 3.25. The van der Waals surface area contributed by atoms with Crippen LogP contribution in [-0.4, -0.2) is 68.5 Å². The first-order chi connectivity index (χ1) is 31.0. The standard InChI is InChI=1S/C55H91N2O6P/c1-6-8-10-12-14-16-18-20-21-22-23-24-25-26-27-28-29-30-31-32-33-34-35-37-39-41-43-45-47-49-55(59)56-53(52-63-64(60,61)62-51-50-57(3,4)5)54(58)48-46-44-42-40-38-36-19-17-15-13-11-9-7-2/h8,10,14,16,20-21,23-24,26-27,29-30,32-33,35,37-38,40-41,43,46,48,53-54,58H,6-7,9,11-13,15,17-19,22,25,28,31,34,36,39,42,44-45,47,49-52H2,1-5H3,(H-,56,59,60,61)/b10-8-,16-14-,21-20-,24-23-,27-26-,30-29-,33-32-,37-35-,40-38+,43-41-,48-46+. The fraction of sp³-hybridized carbons (Fsp3) is 0.582. The van der Waals surface area contributed by atoms with Crippen molar-refractivity contribution >= 4 is 13.7 Å². The Labute approximate surface area is 392 Å². The summed E-state index contributed by atoms with van der Waals surface area (Å²) in [6, 6.07) is -0.943. The van der Waals surface area contributed by atoms with E-state index in [1.54, 1.807) is 6.08 Å². The second-order valence-corrected chi connectivity index (χ2v) is 18.5. The third-order valence-electron chi connectivity index (χ3n) is 9.84. The van der Waals surface area contributed by atoms with Crippen LogP contribution in [0.15, 0.2) is 134 Å². The molecule has 9 heteroatoms. The molecule has 0 fully saturated rings. The van der Waals surface area contributed by atoms with E-state index in [0.717, 1.165) is 83.5 Å². The fourth-order valence-corrected chi connectivity index (χ4v) is 6.71.